The molecule has 228 valence electrons. The van der Waals surface area contributed by atoms with Gasteiger partial charge in [0, 0.05) is 19.5 Å². The van der Waals surface area contributed by atoms with E-state index >= 15 is 0 Å². The normalized spacial score (nSPS) is 13.6. The predicted octanol–water partition coefficient (Wildman–Crippen LogP) is -3.42. The molecule has 40 heavy (non-hydrogen) atoms. The topological polar surface area (TPSA) is 317 Å². The first kappa shape index (κ1) is 36.2. The number of carboxylic acids is 2. The number of amides is 3. The van der Waals surface area contributed by atoms with E-state index in [1.54, 1.807) is 0 Å². The van der Waals surface area contributed by atoms with Crippen LogP contribution in [0, 0.1) is 0 Å². The molecule has 18 heteroatoms. The Morgan fingerprint density at radius 1 is 0.725 bits per heavy atom. The van der Waals surface area contributed by atoms with Gasteiger partial charge in [-0.3, -0.25) is 29.2 Å². The van der Waals surface area contributed by atoms with E-state index in [1.807, 2.05) is 6.26 Å². The number of thioether (sulfide) groups is 1. The smallest absolute Gasteiger partial charge is 0.326 e. The fraction of sp³-hybridized carbons (Fsp3) is 0.682. The second-order valence-corrected chi connectivity index (χ2v) is 9.73. The largest absolute Gasteiger partial charge is 0.481 e. The van der Waals surface area contributed by atoms with Gasteiger partial charge in [-0.15, -0.1) is 0 Å². The van der Waals surface area contributed by atoms with Gasteiger partial charge < -0.3 is 54.8 Å². The molecule has 0 heterocycles. The average Bonchev–Trinajstić information content (AvgIpc) is 2.87. The highest BCUT2D eigenvalue weighted by Crippen LogP contribution is 2.07. The molecule has 0 radical (unpaired) electrons. The second kappa shape index (κ2) is 20.2. The number of nitrogens with one attached hydrogen (secondary N) is 3. The number of aliphatic carboxylic acids is 2. The van der Waals surface area contributed by atoms with Gasteiger partial charge in [-0.2, -0.15) is 11.8 Å². The molecule has 0 fully saturated rings. The number of guanidine groups is 2. The molecule has 0 rings (SSSR count). The molecule has 0 aromatic carbocycles. The maximum absolute atomic E-state index is 13.2. The van der Waals surface area contributed by atoms with Crippen molar-refractivity contribution in [2.45, 2.75) is 69.1 Å². The molecular formula is C22H42N10O7S. The van der Waals surface area contributed by atoms with E-state index in [9.17, 15) is 29.1 Å². The van der Waals surface area contributed by atoms with Crippen LogP contribution in [0.1, 0.15) is 44.9 Å². The van der Waals surface area contributed by atoms with Crippen LogP contribution in [0.15, 0.2) is 9.98 Å². The van der Waals surface area contributed by atoms with Gasteiger partial charge in [0.05, 0.1) is 6.04 Å². The van der Waals surface area contributed by atoms with Gasteiger partial charge in [0.2, 0.25) is 17.7 Å². The highest BCUT2D eigenvalue weighted by Gasteiger charge is 2.30. The van der Waals surface area contributed by atoms with E-state index in [0.717, 1.165) is 0 Å². The zero-order chi connectivity index (χ0) is 30.7. The molecule has 4 unspecified atom stereocenters. The van der Waals surface area contributed by atoms with Crippen LogP contribution in [0.3, 0.4) is 0 Å². The second-order valence-electron chi connectivity index (χ2n) is 8.74. The lowest BCUT2D eigenvalue weighted by Gasteiger charge is -2.25. The number of carboxylic acid groups (broad SMARTS) is 2. The van der Waals surface area contributed by atoms with Crippen LogP contribution in [-0.4, -0.2) is 101 Å². The Kier molecular flexibility index (Phi) is 18.2. The molecule has 0 spiro atoms. The van der Waals surface area contributed by atoms with Gasteiger partial charge in [-0.05, 0) is 50.5 Å². The van der Waals surface area contributed by atoms with Gasteiger partial charge >= 0.3 is 11.9 Å². The van der Waals surface area contributed by atoms with Crippen molar-refractivity contribution in [3.05, 3.63) is 0 Å². The zero-order valence-corrected chi connectivity index (χ0v) is 23.3. The Balaban J connectivity index is 5.75. The fourth-order valence-corrected chi connectivity index (χ4v) is 3.76. The highest BCUT2D eigenvalue weighted by molar-refractivity contribution is 7.98. The van der Waals surface area contributed by atoms with Crippen LogP contribution in [0.4, 0.5) is 0 Å². The number of aliphatic imine (C=N–C) groups is 2. The van der Waals surface area contributed by atoms with Crippen LogP contribution in [-0.2, 0) is 24.0 Å². The molecule has 0 bridgehead atoms. The van der Waals surface area contributed by atoms with Crippen molar-refractivity contribution < 1.29 is 34.2 Å². The summed E-state index contributed by atoms with van der Waals surface area (Å²) in [5.74, 6) is -4.52. The summed E-state index contributed by atoms with van der Waals surface area (Å²) in [7, 11) is 0. The van der Waals surface area contributed by atoms with Gasteiger partial charge in [0.1, 0.15) is 18.1 Å². The lowest BCUT2D eigenvalue weighted by molar-refractivity contribution is -0.143. The monoisotopic (exact) mass is 590 g/mol. The van der Waals surface area contributed by atoms with E-state index in [-0.39, 0.29) is 50.7 Å². The Bertz CT molecular complexity index is 910. The van der Waals surface area contributed by atoms with Gasteiger partial charge in [0.25, 0.3) is 0 Å². The van der Waals surface area contributed by atoms with Crippen molar-refractivity contribution in [1.29, 1.82) is 0 Å². The van der Waals surface area contributed by atoms with Crippen LogP contribution >= 0.6 is 11.8 Å². The van der Waals surface area contributed by atoms with Gasteiger partial charge in [-0.25, -0.2) is 4.79 Å². The summed E-state index contributed by atoms with van der Waals surface area (Å²) < 4.78 is 0. The summed E-state index contributed by atoms with van der Waals surface area (Å²) in [6.45, 7) is 0.291. The average molecular weight is 591 g/mol. The Morgan fingerprint density at radius 3 is 1.57 bits per heavy atom. The van der Waals surface area contributed by atoms with E-state index in [0.29, 0.717) is 18.6 Å². The summed E-state index contributed by atoms with van der Waals surface area (Å²) in [5, 5.41) is 25.7. The van der Waals surface area contributed by atoms with Gasteiger partial charge in [0.15, 0.2) is 11.9 Å². The van der Waals surface area contributed by atoms with Crippen LogP contribution in [0.5, 0.6) is 0 Å². The minimum absolute atomic E-state index is 0.00151. The molecule has 4 atom stereocenters. The summed E-state index contributed by atoms with van der Waals surface area (Å²) in [5.41, 5.74) is 27.2. The van der Waals surface area contributed by atoms with Crippen LogP contribution in [0.2, 0.25) is 0 Å². The third-order valence-corrected chi connectivity index (χ3v) is 6.03. The van der Waals surface area contributed by atoms with Crippen LogP contribution in [0.25, 0.3) is 0 Å². The lowest BCUT2D eigenvalue weighted by Crippen LogP contribution is -2.57. The summed E-state index contributed by atoms with van der Waals surface area (Å²) in [6.07, 6.45) is 1.99. The number of carbonyl (C=O) groups excluding carboxylic acids is 3. The Morgan fingerprint density at radius 2 is 1.18 bits per heavy atom. The maximum atomic E-state index is 13.2. The van der Waals surface area contributed by atoms with Crippen LogP contribution < -0.4 is 44.6 Å². The summed E-state index contributed by atoms with van der Waals surface area (Å²) >= 11 is 1.51. The number of rotatable bonds is 21. The molecular weight excluding hydrogens is 548 g/mol. The zero-order valence-electron chi connectivity index (χ0n) is 22.5. The first-order valence-corrected chi connectivity index (χ1v) is 13.9. The molecule has 3 amide bonds. The van der Waals surface area contributed by atoms with E-state index in [1.165, 1.54) is 11.8 Å². The molecule has 0 aliphatic carbocycles. The standard InChI is InChI=1S/C22H42N10O7S/c1-40-11-8-12(23)17(35)30-13(4-2-9-28-21(24)25)18(36)31-14(5-3-10-29-22(26)27)19(37)32-15(20(38)39)6-7-16(33)34/h12-15H,2-11,23H2,1H3,(H,30,35)(H,31,36)(H,32,37)(H,33,34)(H,38,39)(H4,24,25,28)(H4,26,27,29). The summed E-state index contributed by atoms with van der Waals surface area (Å²) in [4.78, 5) is 69.0. The van der Waals surface area contributed by atoms with Crippen molar-refractivity contribution in [2.24, 2.45) is 38.7 Å². The maximum Gasteiger partial charge on any atom is 0.326 e. The molecule has 0 aromatic heterocycles. The van der Waals surface area contributed by atoms with Crippen molar-refractivity contribution in [2.75, 3.05) is 25.1 Å². The molecule has 0 saturated heterocycles. The molecule has 0 saturated carbocycles. The number of hydrogen-bond acceptors (Lipinski definition) is 9. The lowest BCUT2D eigenvalue weighted by atomic mass is 10.1. The first-order valence-electron chi connectivity index (χ1n) is 12.5. The molecule has 0 aliphatic rings. The fourth-order valence-electron chi connectivity index (χ4n) is 3.27. The number of hydrogen-bond donors (Lipinski definition) is 10. The molecule has 0 aromatic rings. The number of carbonyl (C=O) groups is 5. The third kappa shape index (κ3) is 16.9. The van der Waals surface area contributed by atoms with Crippen molar-refractivity contribution >= 4 is 53.3 Å². The van der Waals surface area contributed by atoms with E-state index < -0.39 is 60.2 Å². The Labute approximate surface area is 236 Å². The van der Waals surface area contributed by atoms with Crippen molar-refractivity contribution in [3.63, 3.8) is 0 Å². The number of nitrogens with zero attached hydrogens (tertiary/aromatic N) is 2. The number of nitrogens with two attached hydrogens (primary N) is 5. The van der Waals surface area contributed by atoms with Crippen molar-refractivity contribution in [3.8, 4) is 0 Å². The quantitative estimate of drug-likeness (QED) is 0.0354. The highest BCUT2D eigenvalue weighted by atomic mass is 32.2. The molecule has 17 nitrogen and oxygen atoms in total. The Hall–Kier alpha value is -3.80. The van der Waals surface area contributed by atoms with E-state index in [4.69, 9.17) is 33.8 Å². The molecule has 0 aliphatic heterocycles. The summed E-state index contributed by atoms with van der Waals surface area (Å²) in [6, 6.07) is -4.75. The predicted molar refractivity (Wildman–Crippen MR) is 151 cm³/mol. The third-order valence-electron chi connectivity index (χ3n) is 5.39. The molecule has 15 N–H and O–H groups in total. The van der Waals surface area contributed by atoms with E-state index in [2.05, 4.69) is 25.9 Å². The minimum atomic E-state index is -1.51. The van der Waals surface area contributed by atoms with Gasteiger partial charge in [-0.1, -0.05) is 0 Å². The first-order chi connectivity index (χ1) is 18.8. The van der Waals surface area contributed by atoms with Crippen molar-refractivity contribution in [1.82, 2.24) is 16.0 Å². The minimum Gasteiger partial charge on any atom is -0.481 e. The SMILES string of the molecule is CSCCC(N)C(=O)NC(CCCN=C(N)N)C(=O)NC(CCCN=C(N)N)C(=O)NC(CCC(=O)O)C(=O)O.